The van der Waals surface area contributed by atoms with Crippen LogP contribution in [0.3, 0.4) is 0 Å². The standard InChI is InChI=1S/C16H17FN2O2/c1-3-10-7-8-11(9-13(10)18)19-16(20)15-12(17)5-4-6-14(15)21-2/h4-9H,3,18H2,1-2H3,(H,19,20). The first-order valence-corrected chi connectivity index (χ1v) is 6.59. The van der Waals surface area contributed by atoms with Crippen molar-refractivity contribution in [3.8, 4) is 5.75 Å². The molecule has 21 heavy (non-hydrogen) atoms. The molecule has 0 radical (unpaired) electrons. The zero-order chi connectivity index (χ0) is 15.4. The van der Waals surface area contributed by atoms with E-state index in [1.165, 1.54) is 25.3 Å². The van der Waals surface area contributed by atoms with Crippen LogP contribution in [0.4, 0.5) is 15.8 Å². The van der Waals surface area contributed by atoms with Crippen molar-refractivity contribution in [1.82, 2.24) is 0 Å². The van der Waals surface area contributed by atoms with E-state index in [-0.39, 0.29) is 11.3 Å². The number of rotatable bonds is 4. The monoisotopic (exact) mass is 288 g/mol. The number of nitrogen functional groups attached to an aromatic ring is 1. The van der Waals surface area contributed by atoms with Gasteiger partial charge in [-0.25, -0.2) is 4.39 Å². The lowest BCUT2D eigenvalue weighted by Crippen LogP contribution is -2.15. The zero-order valence-corrected chi connectivity index (χ0v) is 11.9. The van der Waals surface area contributed by atoms with Crippen LogP contribution in [-0.4, -0.2) is 13.0 Å². The molecule has 3 N–H and O–H groups in total. The number of benzene rings is 2. The minimum absolute atomic E-state index is 0.127. The van der Waals surface area contributed by atoms with Crippen molar-refractivity contribution >= 4 is 17.3 Å². The first-order chi connectivity index (χ1) is 10.1. The number of nitrogens with two attached hydrogens (primary N) is 1. The predicted molar refractivity (Wildman–Crippen MR) is 81.1 cm³/mol. The molecule has 2 rings (SSSR count). The Labute approximate surface area is 122 Å². The largest absolute Gasteiger partial charge is 0.496 e. The van der Waals surface area contributed by atoms with Gasteiger partial charge in [-0.05, 0) is 36.2 Å². The summed E-state index contributed by atoms with van der Waals surface area (Å²) in [6, 6.07) is 9.46. The number of carbonyl (C=O) groups is 1. The lowest BCUT2D eigenvalue weighted by atomic mass is 10.1. The second kappa shape index (κ2) is 6.26. The predicted octanol–water partition coefficient (Wildman–Crippen LogP) is 3.23. The summed E-state index contributed by atoms with van der Waals surface area (Å²) in [5.74, 6) is -1.02. The molecule has 5 heteroatoms. The Morgan fingerprint density at radius 1 is 1.33 bits per heavy atom. The molecule has 0 saturated heterocycles. The summed E-state index contributed by atoms with van der Waals surface area (Å²) >= 11 is 0. The number of ether oxygens (including phenoxy) is 1. The van der Waals surface area contributed by atoms with Gasteiger partial charge in [-0.2, -0.15) is 0 Å². The molecule has 0 spiro atoms. The molecular weight excluding hydrogens is 271 g/mol. The highest BCUT2D eigenvalue weighted by Gasteiger charge is 2.17. The second-order valence-electron chi connectivity index (χ2n) is 4.54. The molecule has 0 aromatic heterocycles. The van der Waals surface area contributed by atoms with Crippen LogP contribution in [0.25, 0.3) is 0 Å². The van der Waals surface area contributed by atoms with Crippen LogP contribution in [0.1, 0.15) is 22.8 Å². The van der Waals surface area contributed by atoms with Gasteiger partial charge in [0.1, 0.15) is 17.1 Å². The molecule has 110 valence electrons. The summed E-state index contributed by atoms with van der Waals surface area (Å²) in [7, 11) is 1.39. The number of methoxy groups -OCH3 is 1. The number of amides is 1. The van der Waals surface area contributed by atoms with Crippen LogP contribution < -0.4 is 15.8 Å². The number of aryl methyl sites for hydroxylation is 1. The van der Waals surface area contributed by atoms with Crippen molar-refractivity contribution in [2.75, 3.05) is 18.2 Å². The third-order valence-corrected chi connectivity index (χ3v) is 3.21. The van der Waals surface area contributed by atoms with Crippen LogP contribution in [0.5, 0.6) is 5.75 Å². The molecule has 0 aliphatic rings. The zero-order valence-electron chi connectivity index (χ0n) is 11.9. The van der Waals surface area contributed by atoms with Gasteiger partial charge in [-0.3, -0.25) is 4.79 Å². The van der Waals surface area contributed by atoms with Crippen LogP contribution >= 0.6 is 0 Å². The second-order valence-corrected chi connectivity index (χ2v) is 4.54. The van der Waals surface area contributed by atoms with Gasteiger partial charge in [0.15, 0.2) is 0 Å². The molecule has 2 aromatic carbocycles. The Hall–Kier alpha value is -2.56. The van der Waals surface area contributed by atoms with Gasteiger partial charge < -0.3 is 15.8 Å². The van der Waals surface area contributed by atoms with Crippen LogP contribution in [0.2, 0.25) is 0 Å². The molecule has 1 amide bonds. The van der Waals surface area contributed by atoms with Crippen molar-refractivity contribution in [2.45, 2.75) is 13.3 Å². The quantitative estimate of drug-likeness (QED) is 0.849. The third-order valence-electron chi connectivity index (χ3n) is 3.21. The fraction of sp³-hybridized carbons (Fsp3) is 0.188. The number of anilines is 2. The molecule has 0 fully saturated rings. The number of carbonyl (C=O) groups excluding carboxylic acids is 1. The van der Waals surface area contributed by atoms with Gasteiger partial charge in [0.05, 0.1) is 7.11 Å². The molecule has 0 atom stereocenters. The van der Waals surface area contributed by atoms with E-state index in [1.54, 1.807) is 12.1 Å². The Morgan fingerprint density at radius 2 is 2.10 bits per heavy atom. The number of halogens is 1. The van der Waals surface area contributed by atoms with Crippen LogP contribution in [0.15, 0.2) is 36.4 Å². The first kappa shape index (κ1) is 14.8. The summed E-state index contributed by atoms with van der Waals surface area (Å²) in [5.41, 5.74) is 7.86. The van der Waals surface area contributed by atoms with E-state index in [0.29, 0.717) is 11.4 Å². The van der Waals surface area contributed by atoms with E-state index in [1.807, 2.05) is 13.0 Å². The lowest BCUT2D eigenvalue weighted by molar-refractivity contribution is 0.102. The van der Waals surface area contributed by atoms with E-state index in [0.717, 1.165) is 12.0 Å². The van der Waals surface area contributed by atoms with Gasteiger partial charge >= 0.3 is 0 Å². The van der Waals surface area contributed by atoms with E-state index in [9.17, 15) is 9.18 Å². The maximum Gasteiger partial charge on any atom is 0.262 e. The van der Waals surface area contributed by atoms with Gasteiger partial charge in [0.25, 0.3) is 5.91 Å². The van der Waals surface area contributed by atoms with E-state index >= 15 is 0 Å². The average Bonchev–Trinajstić information content (AvgIpc) is 2.46. The third kappa shape index (κ3) is 3.13. The highest BCUT2D eigenvalue weighted by atomic mass is 19.1. The van der Waals surface area contributed by atoms with Gasteiger partial charge in [0, 0.05) is 11.4 Å². The minimum Gasteiger partial charge on any atom is -0.496 e. The number of hydrogen-bond donors (Lipinski definition) is 2. The summed E-state index contributed by atoms with van der Waals surface area (Å²) in [6.45, 7) is 1.99. The first-order valence-electron chi connectivity index (χ1n) is 6.59. The Morgan fingerprint density at radius 3 is 2.71 bits per heavy atom. The normalized spacial score (nSPS) is 10.2. The van der Waals surface area contributed by atoms with Gasteiger partial charge in [-0.15, -0.1) is 0 Å². The SMILES string of the molecule is CCc1ccc(NC(=O)c2c(F)cccc2OC)cc1N. The summed E-state index contributed by atoms with van der Waals surface area (Å²) in [5, 5.41) is 2.63. The van der Waals surface area contributed by atoms with Crippen LogP contribution in [0, 0.1) is 5.82 Å². The van der Waals surface area contributed by atoms with E-state index in [4.69, 9.17) is 10.5 Å². The average molecular weight is 288 g/mol. The highest BCUT2D eigenvalue weighted by Crippen LogP contribution is 2.24. The van der Waals surface area contributed by atoms with E-state index < -0.39 is 11.7 Å². The summed E-state index contributed by atoms with van der Waals surface area (Å²) < 4.78 is 18.8. The Balaban J connectivity index is 2.28. The molecule has 0 unspecified atom stereocenters. The van der Waals surface area contributed by atoms with E-state index in [2.05, 4.69) is 5.32 Å². The maximum absolute atomic E-state index is 13.8. The van der Waals surface area contributed by atoms with Crippen molar-refractivity contribution < 1.29 is 13.9 Å². The van der Waals surface area contributed by atoms with Gasteiger partial charge in [-0.1, -0.05) is 19.1 Å². The molecule has 0 aliphatic carbocycles. The van der Waals surface area contributed by atoms with Crippen LogP contribution in [-0.2, 0) is 6.42 Å². The van der Waals surface area contributed by atoms with Gasteiger partial charge in [0.2, 0.25) is 0 Å². The Bertz CT molecular complexity index is 671. The van der Waals surface area contributed by atoms with Crippen molar-refractivity contribution in [3.05, 3.63) is 53.3 Å². The topological polar surface area (TPSA) is 64.3 Å². The summed E-state index contributed by atoms with van der Waals surface area (Å²) in [6.07, 6.45) is 0.807. The van der Waals surface area contributed by atoms with Crippen molar-refractivity contribution in [3.63, 3.8) is 0 Å². The number of hydrogen-bond acceptors (Lipinski definition) is 3. The Kier molecular flexibility index (Phi) is 4.42. The van der Waals surface area contributed by atoms with Crippen molar-refractivity contribution in [2.24, 2.45) is 0 Å². The smallest absolute Gasteiger partial charge is 0.262 e. The number of nitrogens with one attached hydrogen (secondary N) is 1. The molecule has 4 nitrogen and oxygen atoms in total. The fourth-order valence-corrected chi connectivity index (χ4v) is 2.08. The minimum atomic E-state index is -0.634. The maximum atomic E-state index is 13.8. The highest BCUT2D eigenvalue weighted by molar-refractivity contribution is 6.06. The molecular formula is C16H17FN2O2. The fourth-order valence-electron chi connectivity index (χ4n) is 2.08. The van der Waals surface area contributed by atoms with Crippen molar-refractivity contribution in [1.29, 1.82) is 0 Å². The molecule has 2 aromatic rings. The lowest BCUT2D eigenvalue weighted by Gasteiger charge is -2.11. The molecule has 0 heterocycles. The molecule has 0 aliphatic heterocycles. The molecule has 0 saturated carbocycles. The molecule has 0 bridgehead atoms. The summed E-state index contributed by atoms with van der Waals surface area (Å²) in [4.78, 5) is 12.2.